The van der Waals surface area contributed by atoms with Crippen LogP contribution in [0.1, 0.15) is 17.4 Å². The van der Waals surface area contributed by atoms with Crippen molar-refractivity contribution in [2.24, 2.45) is 0 Å². The van der Waals surface area contributed by atoms with Crippen molar-refractivity contribution in [1.29, 1.82) is 0 Å². The number of benzene rings is 1. The molecule has 0 amide bonds. The highest BCUT2D eigenvalue weighted by atomic mass is 32.1. The molecule has 0 radical (unpaired) electrons. The van der Waals surface area contributed by atoms with E-state index in [1.165, 1.54) is 18.3 Å². The third-order valence-electron chi connectivity index (χ3n) is 2.95. The van der Waals surface area contributed by atoms with Gasteiger partial charge in [0, 0.05) is 4.88 Å². The molecular weight excluding hydrogens is 311 g/mol. The molecule has 5 nitrogen and oxygen atoms in total. The van der Waals surface area contributed by atoms with Gasteiger partial charge in [0.2, 0.25) is 5.60 Å². The minimum absolute atomic E-state index is 0.234. The van der Waals surface area contributed by atoms with E-state index in [1.807, 2.05) is 0 Å². The Morgan fingerprint density at radius 1 is 1.29 bits per heavy atom. The molecule has 1 heterocycles. The van der Waals surface area contributed by atoms with Gasteiger partial charge in [0.1, 0.15) is 0 Å². The second-order valence-corrected chi connectivity index (χ2v) is 7.41. The van der Waals surface area contributed by atoms with Gasteiger partial charge in [-0.25, -0.2) is 4.79 Å². The highest BCUT2D eigenvalue weighted by molar-refractivity contribution is 7.52. The molecule has 0 aliphatic carbocycles. The van der Waals surface area contributed by atoms with Crippen molar-refractivity contribution in [2.75, 3.05) is 0 Å². The smallest absolute Gasteiger partial charge is 0.341 e. The minimum atomic E-state index is -4.11. The van der Waals surface area contributed by atoms with Crippen LogP contribution in [0.25, 0.3) is 0 Å². The van der Waals surface area contributed by atoms with E-state index in [-0.39, 0.29) is 6.16 Å². The Balaban J connectivity index is 2.24. The molecule has 0 aliphatic heterocycles. The Morgan fingerprint density at radius 3 is 2.48 bits per heavy atom. The number of carboxylic acid groups (broad SMARTS) is 1. The Morgan fingerprint density at radius 2 is 1.95 bits per heavy atom. The maximum Gasteiger partial charge on any atom is 0.341 e. The molecule has 7 heteroatoms. The molecule has 0 aliphatic rings. The highest BCUT2D eigenvalue weighted by Gasteiger charge is 2.43. The average Bonchev–Trinajstić information content (AvgIpc) is 2.92. The number of hydrogen-bond acceptors (Lipinski definition) is 4. The van der Waals surface area contributed by atoms with Crippen molar-refractivity contribution in [2.45, 2.75) is 18.7 Å². The first-order chi connectivity index (χ1) is 9.83. The monoisotopic (exact) mass is 326 g/mol. The van der Waals surface area contributed by atoms with E-state index in [4.69, 9.17) is 4.52 Å². The molecule has 2 N–H and O–H groups in total. The lowest BCUT2D eigenvalue weighted by molar-refractivity contribution is -0.155. The fraction of sp³-hybridized carbons (Fsp3) is 0.214. The summed E-state index contributed by atoms with van der Waals surface area (Å²) in [7, 11) is -4.11. The van der Waals surface area contributed by atoms with Crippen molar-refractivity contribution in [3.8, 4) is 0 Å². The van der Waals surface area contributed by atoms with Crippen LogP contribution < -0.4 is 0 Å². The van der Waals surface area contributed by atoms with Gasteiger partial charge in [-0.15, -0.1) is 11.3 Å². The zero-order valence-corrected chi connectivity index (χ0v) is 13.0. The second-order valence-electron chi connectivity index (χ2n) is 4.69. The minimum Gasteiger partial charge on any atom is -0.479 e. The molecule has 0 spiro atoms. The normalized spacial score (nSPS) is 16.9. The number of thiophene rings is 1. The van der Waals surface area contributed by atoms with Crippen LogP contribution in [-0.2, 0) is 25.6 Å². The molecule has 1 aromatic heterocycles. The molecular formula is C14H15O5PS. The summed E-state index contributed by atoms with van der Waals surface area (Å²) in [6, 6.07) is 11.9. The fourth-order valence-electron chi connectivity index (χ4n) is 1.87. The van der Waals surface area contributed by atoms with Crippen LogP contribution >= 0.6 is 18.9 Å². The van der Waals surface area contributed by atoms with Crippen molar-refractivity contribution in [3.63, 3.8) is 0 Å². The van der Waals surface area contributed by atoms with E-state index >= 15 is 0 Å². The van der Waals surface area contributed by atoms with E-state index in [0.717, 1.165) is 0 Å². The van der Waals surface area contributed by atoms with Crippen molar-refractivity contribution >= 4 is 24.9 Å². The van der Waals surface area contributed by atoms with E-state index in [0.29, 0.717) is 10.4 Å². The third kappa shape index (κ3) is 3.80. The van der Waals surface area contributed by atoms with Crippen molar-refractivity contribution in [1.82, 2.24) is 0 Å². The van der Waals surface area contributed by atoms with Crippen molar-refractivity contribution in [3.05, 3.63) is 58.3 Å². The van der Waals surface area contributed by atoms with E-state index in [2.05, 4.69) is 0 Å². The highest BCUT2D eigenvalue weighted by Crippen LogP contribution is 2.52. The zero-order valence-electron chi connectivity index (χ0n) is 11.3. The average molecular weight is 326 g/mol. The van der Waals surface area contributed by atoms with Crippen LogP contribution in [0.5, 0.6) is 0 Å². The Bertz CT molecular complexity index is 655. The third-order valence-corrected chi connectivity index (χ3v) is 5.44. The fourth-order valence-corrected chi connectivity index (χ4v) is 4.23. The lowest BCUT2D eigenvalue weighted by atomic mass is 10.1. The largest absolute Gasteiger partial charge is 0.479 e. The van der Waals surface area contributed by atoms with Gasteiger partial charge in [-0.3, -0.25) is 9.09 Å². The summed E-state index contributed by atoms with van der Waals surface area (Å²) in [5.74, 6) is -1.30. The quantitative estimate of drug-likeness (QED) is 0.794. The standard InChI is InChI=1S/C14H15O5PS/c1-14(13(15)16,12-8-5-9-21-12)19-20(17,18)10-11-6-3-2-4-7-11/h2-9H,10H2,1H3,(H,15,16)(H,17,18). The molecule has 1 aromatic carbocycles. The molecule has 2 unspecified atom stereocenters. The molecule has 0 saturated heterocycles. The SMILES string of the molecule is CC(OP(=O)(O)Cc1ccccc1)(C(=O)O)c1cccs1. The Kier molecular flexibility index (Phi) is 4.64. The van der Waals surface area contributed by atoms with Crippen LogP contribution in [0.15, 0.2) is 47.8 Å². The number of carbonyl (C=O) groups is 1. The number of carboxylic acids is 1. The number of aliphatic carboxylic acids is 1. The second kappa shape index (κ2) is 6.12. The van der Waals surface area contributed by atoms with Gasteiger partial charge in [-0.2, -0.15) is 0 Å². The maximum atomic E-state index is 12.3. The topological polar surface area (TPSA) is 83.8 Å². The van der Waals surface area contributed by atoms with E-state index < -0.39 is 19.2 Å². The van der Waals surface area contributed by atoms with Gasteiger partial charge in [-0.05, 0) is 23.9 Å². The van der Waals surface area contributed by atoms with Gasteiger partial charge in [-0.1, -0.05) is 36.4 Å². The summed E-state index contributed by atoms with van der Waals surface area (Å²) in [5, 5.41) is 11.1. The lowest BCUT2D eigenvalue weighted by Gasteiger charge is -2.26. The van der Waals surface area contributed by atoms with Gasteiger partial charge < -0.3 is 10.00 Å². The lowest BCUT2D eigenvalue weighted by Crippen LogP contribution is -2.33. The van der Waals surface area contributed by atoms with Crippen LogP contribution in [0, 0.1) is 0 Å². The predicted octanol–water partition coefficient (Wildman–Crippen LogP) is 3.45. The summed E-state index contributed by atoms with van der Waals surface area (Å²) in [6.45, 7) is 1.29. The molecule has 2 aromatic rings. The predicted molar refractivity (Wildman–Crippen MR) is 80.4 cm³/mol. The van der Waals surface area contributed by atoms with Gasteiger partial charge in [0.25, 0.3) is 0 Å². The van der Waals surface area contributed by atoms with Crippen LogP contribution in [0.2, 0.25) is 0 Å². The number of hydrogen-bond donors (Lipinski definition) is 2. The summed E-state index contributed by atoms with van der Waals surface area (Å²) in [6.07, 6.45) is -0.234. The Labute approximate surface area is 126 Å². The molecule has 112 valence electrons. The summed E-state index contributed by atoms with van der Waals surface area (Å²) >= 11 is 1.17. The zero-order chi connectivity index (χ0) is 15.5. The summed E-state index contributed by atoms with van der Waals surface area (Å²) in [4.78, 5) is 21.9. The summed E-state index contributed by atoms with van der Waals surface area (Å²) in [5.41, 5.74) is -1.23. The van der Waals surface area contributed by atoms with Gasteiger partial charge in [0.05, 0.1) is 6.16 Å². The maximum absolute atomic E-state index is 12.3. The van der Waals surface area contributed by atoms with Crippen molar-refractivity contribution < 1.29 is 23.9 Å². The van der Waals surface area contributed by atoms with Gasteiger partial charge in [0.15, 0.2) is 0 Å². The molecule has 0 fully saturated rings. The molecule has 0 saturated carbocycles. The first-order valence-electron chi connectivity index (χ1n) is 6.17. The van der Waals surface area contributed by atoms with E-state index in [1.54, 1.807) is 47.8 Å². The van der Waals surface area contributed by atoms with E-state index in [9.17, 15) is 19.4 Å². The van der Waals surface area contributed by atoms with Crippen LogP contribution in [0.4, 0.5) is 0 Å². The van der Waals surface area contributed by atoms with Crippen LogP contribution in [-0.4, -0.2) is 16.0 Å². The molecule has 2 atom stereocenters. The molecule has 21 heavy (non-hydrogen) atoms. The molecule has 0 bridgehead atoms. The summed E-state index contributed by atoms with van der Waals surface area (Å²) < 4.78 is 17.4. The molecule has 2 rings (SSSR count). The van der Waals surface area contributed by atoms with Crippen LogP contribution in [0.3, 0.4) is 0 Å². The number of rotatable bonds is 6. The first kappa shape index (κ1) is 15.9. The first-order valence-corrected chi connectivity index (χ1v) is 8.82. The Hall–Kier alpha value is -1.46. The van der Waals surface area contributed by atoms with Gasteiger partial charge >= 0.3 is 13.6 Å².